The highest BCUT2D eigenvalue weighted by Gasteiger charge is 2.26. The lowest BCUT2D eigenvalue weighted by Gasteiger charge is -2.15. The van der Waals surface area contributed by atoms with Crippen LogP contribution in [-0.2, 0) is 0 Å². The molecule has 10 rings (SSSR count). The van der Waals surface area contributed by atoms with Crippen molar-refractivity contribution in [1.82, 2.24) is 43.8 Å². The van der Waals surface area contributed by atoms with Crippen molar-refractivity contribution in [3.05, 3.63) is 127 Å². The van der Waals surface area contributed by atoms with Crippen LogP contribution < -0.4 is 28.4 Å². The van der Waals surface area contributed by atoms with Crippen LogP contribution in [0.2, 0.25) is 0 Å². The Hall–Kier alpha value is -8.46. The Labute approximate surface area is 704 Å². The number of hydrogen-bond acceptors (Lipinski definition) is 12. The lowest BCUT2D eigenvalue weighted by molar-refractivity contribution is 0.258. The second-order valence-corrected chi connectivity index (χ2v) is 33.1. The third-order valence-corrected chi connectivity index (χ3v) is 23.3. The van der Waals surface area contributed by atoms with Gasteiger partial charge in [0.1, 0.15) is 0 Å². The summed E-state index contributed by atoms with van der Waals surface area (Å²) in [6.07, 6.45) is 59.9. The van der Waals surface area contributed by atoms with Crippen LogP contribution in [0, 0.1) is 0 Å². The maximum atomic E-state index is 6.65. The fraction of sp³-hybridized carbons (Fsp3) is 0.588. The van der Waals surface area contributed by atoms with E-state index in [0.717, 1.165) is 142 Å². The maximum absolute atomic E-state index is 6.65. The number of unbranched alkanes of at least 4 members (excludes halogenated alkanes) is 42. The zero-order chi connectivity index (χ0) is 81.4. The first-order valence-corrected chi connectivity index (χ1v) is 47.3. The van der Waals surface area contributed by atoms with Gasteiger partial charge in [-0.3, -0.25) is 0 Å². The highest BCUT2D eigenvalue weighted by atomic mass is 16.5. The SMILES string of the molecule is CCCCCCCCCCOc1ccc(-c2ccc(-c3nnc4n3c3nnc(-c5ccc(-c6ccc(OCCCCCCCCCC)c(OCCCCCCCCCC)c6)cc5)n3c3nnc(-c5ccc(-c6ccc(OCCCCCCCCCC)c(OCCCCCCCCCC)c6)cc5)n43)cc2)cc1OCCCCCCCCCC. The van der Waals surface area contributed by atoms with Crippen molar-refractivity contribution >= 4 is 17.3 Å². The highest BCUT2D eigenvalue weighted by Crippen LogP contribution is 2.40. The van der Waals surface area contributed by atoms with Crippen LogP contribution in [0.5, 0.6) is 34.5 Å². The first-order chi connectivity index (χ1) is 57.9. The highest BCUT2D eigenvalue weighted by molar-refractivity contribution is 5.77. The molecule has 0 saturated heterocycles. The second-order valence-electron chi connectivity index (χ2n) is 33.1. The summed E-state index contributed by atoms with van der Waals surface area (Å²) in [6.45, 7) is 17.7. The van der Waals surface area contributed by atoms with E-state index in [1.54, 1.807) is 0 Å². The van der Waals surface area contributed by atoms with Gasteiger partial charge >= 0.3 is 0 Å². The number of benzene rings is 6. The molecule has 0 spiro atoms. The summed E-state index contributed by atoms with van der Waals surface area (Å²) in [5.74, 6) is 8.12. The molecule has 15 heteroatoms. The van der Waals surface area contributed by atoms with Gasteiger partial charge in [-0.2, -0.15) is 0 Å². The van der Waals surface area contributed by atoms with Crippen molar-refractivity contribution in [1.29, 1.82) is 0 Å². The Morgan fingerprint density at radius 2 is 0.333 bits per heavy atom. The average molecular weight is 1600 g/mol. The minimum absolute atomic E-state index is 0.502. The average Bonchev–Trinajstić information content (AvgIpc) is 1.55. The third kappa shape index (κ3) is 29.5. The normalized spacial score (nSPS) is 11.6. The van der Waals surface area contributed by atoms with Crippen LogP contribution in [0.4, 0.5) is 0 Å². The standard InChI is InChI=1S/C102H147N9O6/c1-7-13-19-25-31-37-43-49-73-112-91-70-67-88(79-94(91)115-76-52-46-40-34-28-22-16-10-4)82-55-61-85(62-56-82)97-103-106-100-109(97)101-107-104-98(86-63-57-83(58-64-86)89-68-71-92(113-74-50-44-38-32-26-20-14-8-2)95(80-89)116-77-53-47-41-35-29-23-17-11-5)111(101)102-108-105-99(110(100)102)87-65-59-84(60-66-87)90-69-72-93(114-75-51-45-39-33-27-21-15-9-3)96(81-90)117-78-54-48-42-36-30-24-18-12-6/h55-72,79-81H,7-54,73-78H2,1-6H3. The molecule has 0 N–H and O–H groups in total. The molecule has 117 heavy (non-hydrogen) atoms. The van der Waals surface area contributed by atoms with Gasteiger partial charge in [0, 0.05) is 16.7 Å². The van der Waals surface area contributed by atoms with E-state index in [1.165, 1.54) is 250 Å². The Morgan fingerprint density at radius 1 is 0.171 bits per heavy atom. The molecule has 0 fully saturated rings. The molecule has 0 amide bonds. The van der Waals surface area contributed by atoms with Crippen molar-refractivity contribution in [3.63, 3.8) is 0 Å². The molecule has 0 saturated carbocycles. The van der Waals surface area contributed by atoms with Gasteiger partial charge in [-0.15, -0.1) is 30.6 Å². The van der Waals surface area contributed by atoms with Gasteiger partial charge in [0.15, 0.2) is 52.0 Å². The maximum Gasteiger partial charge on any atom is 0.247 e. The van der Waals surface area contributed by atoms with Crippen LogP contribution in [0.3, 0.4) is 0 Å². The predicted molar refractivity (Wildman–Crippen MR) is 487 cm³/mol. The summed E-state index contributed by atoms with van der Waals surface area (Å²) in [6, 6.07) is 44.9. The first-order valence-electron chi connectivity index (χ1n) is 47.3. The van der Waals surface area contributed by atoms with Crippen LogP contribution in [0.15, 0.2) is 127 Å². The van der Waals surface area contributed by atoms with Gasteiger partial charge in [0.25, 0.3) is 0 Å². The molecule has 0 aliphatic rings. The number of nitrogens with zero attached hydrogens (tertiary/aromatic N) is 9. The fourth-order valence-corrected chi connectivity index (χ4v) is 16.1. The number of aromatic nitrogens is 9. The molecule has 636 valence electrons. The molecule has 4 aromatic heterocycles. The quantitative estimate of drug-likeness (QED) is 0.0334. The van der Waals surface area contributed by atoms with Crippen LogP contribution in [0.25, 0.3) is 84.9 Å². The van der Waals surface area contributed by atoms with Gasteiger partial charge in [-0.05, 0) is 108 Å². The van der Waals surface area contributed by atoms with Crippen molar-refractivity contribution < 1.29 is 28.4 Å². The molecular formula is C102H147N9O6. The van der Waals surface area contributed by atoms with E-state index < -0.39 is 0 Å². The molecule has 0 aliphatic carbocycles. The van der Waals surface area contributed by atoms with E-state index in [0.29, 0.717) is 74.4 Å². The molecule has 0 unspecified atom stereocenters. The van der Waals surface area contributed by atoms with Crippen LogP contribution in [-0.4, -0.2) is 83.4 Å². The van der Waals surface area contributed by atoms with E-state index in [9.17, 15) is 0 Å². The Kier molecular flexibility index (Phi) is 41.8. The molecule has 0 atom stereocenters. The summed E-state index contributed by atoms with van der Waals surface area (Å²) >= 11 is 0. The smallest absolute Gasteiger partial charge is 0.247 e. The summed E-state index contributed by atoms with van der Waals surface area (Å²) < 4.78 is 45.5. The van der Waals surface area contributed by atoms with E-state index in [1.807, 2.05) is 13.2 Å². The van der Waals surface area contributed by atoms with Gasteiger partial charge in [0.2, 0.25) is 17.3 Å². The molecule has 15 nitrogen and oxygen atoms in total. The van der Waals surface area contributed by atoms with E-state index >= 15 is 0 Å². The van der Waals surface area contributed by atoms with Gasteiger partial charge < -0.3 is 28.4 Å². The number of fused-ring (bicyclic) bond motifs is 6. The number of ether oxygens (including phenoxy) is 6. The predicted octanol–water partition coefficient (Wildman–Crippen LogP) is 29.9. The van der Waals surface area contributed by atoms with Crippen molar-refractivity contribution in [2.75, 3.05) is 39.6 Å². The van der Waals surface area contributed by atoms with E-state index in [-0.39, 0.29) is 0 Å². The van der Waals surface area contributed by atoms with Gasteiger partial charge in [-0.1, -0.05) is 402 Å². The molecule has 10 aromatic rings. The Morgan fingerprint density at radius 3 is 0.530 bits per heavy atom. The van der Waals surface area contributed by atoms with E-state index in [4.69, 9.17) is 59.0 Å². The van der Waals surface area contributed by atoms with E-state index in [2.05, 4.69) is 169 Å². The monoisotopic (exact) mass is 1590 g/mol. The van der Waals surface area contributed by atoms with Crippen molar-refractivity contribution in [3.8, 4) is 102 Å². The molecular weight excluding hydrogens is 1450 g/mol. The zero-order valence-corrected chi connectivity index (χ0v) is 73.3. The topological polar surface area (TPSA) is 146 Å². The summed E-state index contributed by atoms with van der Waals surface area (Å²) in [7, 11) is 0. The number of hydrogen-bond donors (Lipinski definition) is 0. The lowest BCUT2D eigenvalue weighted by atomic mass is 10.0. The number of rotatable bonds is 66. The minimum atomic E-state index is 0.502. The lowest BCUT2D eigenvalue weighted by Crippen LogP contribution is -2.07. The fourth-order valence-electron chi connectivity index (χ4n) is 16.1. The molecule has 4 heterocycles. The van der Waals surface area contributed by atoms with Crippen LogP contribution >= 0.6 is 0 Å². The van der Waals surface area contributed by atoms with Gasteiger partial charge in [0.05, 0.1) is 39.6 Å². The Balaban J connectivity index is 0.949. The molecule has 0 bridgehead atoms. The van der Waals surface area contributed by atoms with Gasteiger partial charge in [-0.25, -0.2) is 13.2 Å². The summed E-state index contributed by atoms with van der Waals surface area (Å²) in [5.41, 5.74) is 8.85. The Bertz CT molecular complexity index is 3870. The van der Waals surface area contributed by atoms with Crippen molar-refractivity contribution in [2.45, 2.75) is 350 Å². The third-order valence-electron chi connectivity index (χ3n) is 23.3. The summed E-state index contributed by atoms with van der Waals surface area (Å²) in [4.78, 5) is 0. The zero-order valence-electron chi connectivity index (χ0n) is 73.3. The first kappa shape index (κ1) is 90.9. The second kappa shape index (κ2) is 53.9. The van der Waals surface area contributed by atoms with Crippen molar-refractivity contribution in [2.24, 2.45) is 0 Å². The minimum Gasteiger partial charge on any atom is -0.490 e. The largest absolute Gasteiger partial charge is 0.490 e. The summed E-state index contributed by atoms with van der Waals surface area (Å²) in [5, 5.41) is 30.0. The molecule has 0 aliphatic heterocycles. The van der Waals surface area contributed by atoms with Crippen LogP contribution in [0.1, 0.15) is 350 Å². The molecule has 6 aromatic carbocycles. The molecule has 0 radical (unpaired) electrons.